The van der Waals surface area contributed by atoms with Crippen molar-refractivity contribution in [3.63, 3.8) is 0 Å². The number of hydrogen-bond acceptors (Lipinski definition) is 7. The Morgan fingerprint density at radius 3 is 2.44 bits per heavy atom. The summed E-state index contributed by atoms with van der Waals surface area (Å²) in [4.78, 5) is 40.2. The largest absolute Gasteiger partial charge is 0.454 e. The highest BCUT2D eigenvalue weighted by molar-refractivity contribution is 6.05. The van der Waals surface area contributed by atoms with Crippen LogP contribution in [0.5, 0.6) is 11.5 Å². The number of ketones is 1. The number of carbonyl (C=O) groups is 1. The van der Waals surface area contributed by atoms with Crippen LogP contribution in [-0.4, -0.2) is 53.6 Å². The van der Waals surface area contributed by atoms with Gasteiger partial charge in [-0.2, -0.15) is 0 Å². The Kier molecular flexibility index (Phi) is 4.82. The number of rotatable bonds is 4. The molecule has 0 unspecified atom stereocenters. The van der Waals surface area contributed by atoms with Crippen molar-refractivity contribution in [2.45, 2.75) is 32.2 Å². The van der Waals surface area contributed by atoms with Crippen LogP contribution in [0.15, 0.2) is 17.8 Å². The first-order valence-corrected chi connectivity index (χ1v) is 11.5. The minimum absolute atomic E-state index is 0.0297. The van der Waals surface area contributed by atoms with Gasteiger partial charge < -0.3 is 24.7 Å². The van der Waals surface area contributed by atoms with E-state index in [1.165, 1.54) is 12.8 Å². The van der Waals surface area contributed by atoms with E-state index in [9.17, 15) is 14.4 Å². The lowest BCUT2D eigenvalue weighted by Gasteiger charge is -2.19. The minimum atomic E-state index is -0.229. The average molecular weight is 457 g/mol. The SMILES string of the molecule is NC1=Cc2c(c3c(=C=O)c4cc5c(cc4c=3n(CCCN3CCCC3)c2=C=O)OCO5)C(=O)C1. The highest BCUT2D eigenvalue weighted by Crippen LogP contribution is 2.36. The molecule has 1 aromatic rings. The van der Waals surface area contributed by atoms with E-state index in [1.807, 2.05) is 10.6 Å². The van der Waals surface area contributed by atoms with Crippen LogP contribution in [0.2, 0.25) is 0 Å². The van der Waals surface area contributed by atoms with Crippen LogP contribution in [0.1, 0.15) is 41.6 Å². The molecule has 3 heterocycles. The molecule has 0 amide bonds. The van der Waals surface area contributed by atoms with E-state index in [0.29, 0.717) is 56.2 Å². The maximum absolute atomic E-state index is 13.2. The van der Waals surface area contributed by atoms with E-state index in [1.54, 1.807) is 12.1 Å². The molecular formula is C26H23N3O5. The summed E-state index contributed by atoms with van der Waals surface area (Å²) in [6.45, 7) is 3.69. The molecule has 3 aliphatic heterocycles. The Hall–Kier alpha value is -3.83. The smallest absolute Gasteiger partial charge is 0.231 e. The molecule has 1 aromatic carbocycles. The zero-order chi connectivity index (χ0) is 23.4. The minimum Gasteiger partial charge on any atom is -0.454 e. The third kappa shape index (κ3) is 3.01. The average Bonchev–Trinajstić information content (AvgIpc) is 3.56. The van der Waals surface area contributed by atoms with Gasteiger partial charge in [0, 0.05) is 39.4 Å². The summed E-state index contributed by atoms with van der Waals surface area (Å²) in [5.74, 6) is 5.00. The van der Waals surface area contributed by atoms with Crippen molar-refractivity contribution in [3.8, 4) is 11.5 Å². The standard InChI is InChI=1S/C26H23N3O5/c27-15-8-18-20(13-31)29(7-3-6-28-4-1-2-5-28)26-17-11-23-22(33-14-34-23)10-16(17)19(12-30)25(26)24(18)21(32)9-15/h8,10-11H,1-7,9,14,27H2. The molecule has 0 spiro atoms. The molecule has 8 heteroatoms. The Labute approximate surface area is 194 Å². The van der Waals surface area contributed by atoms with Crippen LogP contribution < -0.4 is 25.8 Å². The monoisotopic (exact) mass is 457 g/mol. The quantitative estimate of drug-likeness (QED) is 0.608. The Bertz CT molecular complexity index is 1630. The van der Waals surface area contributed by atoms with Crippen LogP contribution in [0.3, 0.4) is 0 Å². The van der Waals surface area contributed by atoms with Gasteiger partial charge in [0.25, 0.3) is 0 Å². The van der Waals surface area contributed by atoms with Gasteiger partial charge in [0.05, 0.1) is 17.0 Å². The maximum atomic E-state index is 13.2. The normalized spacial score (nSPS) is 17.2. The molecule has 0 aromatic heterocycles. The maximum Gasteiger partial charge on any atom is 0.231 e. The molecule has 2 N–H and O–H groups in total. The Morgan fingerprint density at radius 2 is 1.74 bits per heavy atom. The number of ether oxygens (including phenoxy) is 2. The Balaban J connectivity index is 1.72. The van der Waals surface area contributed by atoms with Gasteiger partial charge >= 0.3 is 0 Å². The van der Waals surface area contributed by atoms with Crippen LogP contribution in [0, 0.1) is 10.6 Å². The predicted molar refractivity (Wildman–Crippen MR) is 124 cm³/mol. The number of fused-ring (bicyclic) bond motifs is 5. The third-order valence-corrected chi connectivity index (χ3v) is 7.07. The first-order chi connectivity index (χ1) is 16.6. The summed E-state index contributed by atoms with van der Waals surface area (Å²) in [6.07, 6.45) is 4.90. The highest BCUT2D eigenvalue weighted by Gasteiger charge is 2.27. The van der Waals surface area contributed by atoms with Crippen LogP contribution in [0.25, 0.3) is 16.8 Å². The number of hydrogen-bond donors (Lipinski definition) is 1. The van der Waals surface area contributed by atoms with Crippen LogP contribution in [0.4, 0.5) is 0 Å². The van der Waals surface area contributed by atoms with Gasteiger partial charge in [-0.25, -0.2) is 9.59 Å². The van der Waals surface area contributed by atoms with Gasteiger partial charge in [-0.15, -0.1) is 0 Å². The van der Waals surface area contributed by atoms with Crippen molar-refractivity contribution in [3.05, 3.63) is 50.1 Å². The second-order valence-electron chi connectivity index (χ2n) is 9.06. The van der Waals surface area contributed by atoms with Crippen molar-refractivity contribution >= 4 is 34.5 Å². The van der Waals surface area contributed by atoms with E-state index in [2.05, 4.69) is 16.8 Å². The summed E-state index contributed by atoms with van der Waals surface area (Å²) in [6, 6.07) is 3.57. The number of nitrogens with zero attached hydrogens (tertiary/aromatic N) is 2. The second-order valence-corrected chi connectivity index (χ2v) is 9.06. The molecule has 6 rings (SSSR count). The molecule has 34 heavy (non-hydrogen) atoms. The summed E-state index contributed by atoms with van der Waals surface area (Å²) >= 11 is 0. The van der Waals surface area contributed by atoms with E-state index in [0.717, 1.165) is 26.1 Å². The molecule has 0 bridgehead atoms. The lowest BCUT2D eigenvalue weighted by Crippen LogP contribution is -2.33. The summed E-state index contributed by atoms with van der Waals surface area (Å²) < 4.78 is 13.0. The summed E-state index contributed by atoms with van der Waals surface area (Å²) in [5, 5.41) is 3.02. The molecule has 8 nitrogen and oxygen atoms in total. The summed E-state index contributed by atoms with van der Waals surface area (Å²) in [7, 11) is 0. The number of nitrogens with two attached hydrogens (primary N) is 1. The molecular weight excluding hydrogens is 434 g/mol. The van der Waals surface area contributed by atoms with Crippen molar-refractivity contribution < 1.29 is 23.9 Å². The van der Waals surface area contributed by atoms with Gasteiger partial charge in [-0.05, 0) is 57.1 Å². The predicted octanol–water partition coefficient (Wildman–Crippen LogP) is 0.473. The number of carbonyl (C=O) groups excluding carboxylic acids is 3. The van der Waals surface area contributed by atoms with Gasteiger partial charge in [0.1, 0.15) is 11.3 Å². The zero-order valence-electron chi connectivity index (χ0n) is 18.6. The molecule has 5 aliphatic rings. The lowest BCUT2D eigenvalue weighted by molar-refractivity contribution is 0.0990. The van der Waals surface area contributed by atoms with Gasteiger partial charge in [0.15, 0.2) is 23.2 Å². The summed E-state index contributed by atoms with van der Waals surface area (Å²) in [5.41, 5.74) is 7.17. The van der Waals surface area contributed by atoms with Gasteiger partial charge in [0.2, 0.25) is 6.79 Å². The number of likely N-dealkylation sites (tertiary alicyclic amines) is 1. The Morgan fingerprint density at radius 1 is 1.00 bits per heavy atom. The number of allylic oxidation sites excluding steroid dienone is 1. The van der Waals surface area contributed by atoms with E-state index < -0.39 is 0 Å². The first kappa shape index (κ1) is 20.8. The molecule has 0 radical (unpaired) electrons. The van der Waals surface area contributed by atoms with Crippen LogP contribution >= 0.6 is 0 Å². The fraction of sp³-hybridized carbons (Fsp3) is 0.346. The van der Waals surface area contributed by atoms with E-state index >= 15 is 0 Å². The second kappa shape index (κ2) is 7.89. The molecule has 2 aliphatic carbocycles. The van der Waals surface area contributed by atoms with Gasteiger partial charge in [-0.3, -0.25) is 4.79 Å². The fourth-order valence-corrected chi connectivity index (χ4v) is 5.61. The van der Waals surface area contributed by atoms with E-state index in [4.69, 9.17) is 15.2 Å². The molecule has 1 fully saturated rings. The lowest BCUT2D eigenvalue weighted by atomic mass is 9.92. The third-order valence-electron chi connectivity index (χ3n) is 7.07. The molecule has 0 saturated carbocycles. The van der Waals surface area contributed by atoms with Crippen molar-refractivity contribution in [1.29, 1.82) is 0 Å². The molecule has 172 valence electrons. The number of benzene rings is 1. The molecule has 1 saturated heterocycles. The topological polar surface area (TPSA) is 104 Å². The van der Waals surface area contributed by atoms with Crippen molar-refractivity contribution in [1.82, 2.24) is 9.47 Å². The van der Waals surface area contributed by atoms with Crippen molar-refractivity contribution in [2.75, 3.05) is 26.4 Å². The zero-order valence-corrected chi connectivity index (χ0v) is 18.6. The van der Waals surface area contributed by atoms with E-state index in [-0.39, 0.29) is 29.6 Å². The van der Waals surface area contributed by atoms with Crippen LogP contribution in [-0.2, 0) is 16.1 Å². The van der Waals surface area contributed by atoms with Crippen molar-refractivity contribution in [2.24, 2.45) is 5.73 Å². The number of Topliss-reactive ketones (excluding diaryl/α,β-unsaturated/α-hetero) is 1. The number of aromatic nitrogens is 1. The first-order valence-electron chi connectivity index (χ1n) is 11.5. The van der Waals surface area contributed by atoms with Gasteiger partial charge in [-0.1, -0.05) is 0 Å². The molecule has 0 atom stereocenters. The fourth-order valence-electron chi connectivity index (χ4n) is 5.61. The highest BCUT2D eigenvalue weighted by atomic mass is 16.7.